The van der Waals surface area contributed by atoms with Crippen LogP contribution in [0.25, 0.3) is 16.9 Å². The van der Waals surface area contributed by atoms with Gasteiger partial charge in [-0.05, 0) is 43.7 Å². The number of carbonyl (C=O) groups is 2. The fraction of sp³-hybridized carbons (Fsp3) is 0.310. The lowest BCUT2D eigenvalue weighted by atomic mass is 10.0. The summed E-state index contributed by atoms with van der Waals surface area (Å²) in [5, 5.41) is 13.9. The third-order valence-corrected chi connectivity index (χ3v) is 7.38. The van der Waals surface area contributed by atoms with Crippen molar-refractivity contribution >= 4 is 17.5 Å². The monoisotopic (exact) mass is 567 g/mol. The predicted molar refractivity (Wildman–Crippen MR) is 144 cm³/mol. The summed E-state index contributed by atoms with van der Waals surface area (Å²) in [4.78, 5) is 33.7. The maximum Gasteiger partial charge on any atom is 0.433 e. The van der Waals surface area contributed by atoms with Crippen molar-refractivity contribution in [1.82, 2.24) is 24.4 Å². The van der Waals surface area contributed by atoms with Crippen LogP contribution < -0.4 is 4.74 Å². The lowest BCUT2D eigenvalue weighted by Gasteiger charge is -2.42. The highest BCUT2D eigenvalue weighted by Crippen LogP contribution is 2.37. The number of aromatic nitrogens is 3. The molecule has 1 amide bonds. The summed E-state index contributed by atoms with van der Waals surface area (Å²) in [6, 6.07) is 14.0. The molecule has 0 bridgehead atoms. The molecule has 2 aromatic heterocycles. The number of piperazine rings is 1. The summed E-state index contributed by atoms with van der Waals surface area (Å²) in [6.45, 7) is 3.80. The van der Waals surface area contributed by atoms with Crippen molar-refractivity contribution in [3.05, 3.63) is 83.2 Å². The van der Waals surface area contributed by atoms with Crippen molar-refractivity contribution in [1.29, 1.82) is 0 Å². The Morgan fingerprint density at radius 3 is 2.34 bits per heavy atom. The van der Waals surface area contributed by atoms with Crippen LogP contribution in [0, 0.1) is 6.92 Å². The second-order valence-electron chi connectivity index (χ2n) is 9.95. The number of aliphatic carboxylic acids is 1. The molecule has 12 heteroatoms. The van der Waals surface area contributed by atoms with E-state index < -0.39 is 35.8 Å². The number of carboxylic acids is 1. The number of carboxylic acid groups (broad SMARTS) is 1. The van der Waals surface area contributed by atoms with Crippen LogP contribution in [-0.2, 0) is 11.0 Å². The standard InChI is InChI=1S/C29H28F3N5O4/c1-17-16-35(24(28(39)40)20-7-5-4-6-8-20)13-14-36(17)27(38)22-15-33-37-25(29(30,31)32)18(2)23(34-26(22)37)19-9-11-21(41-3)12-10-19/h4-12,15,17,24H,13-14,16H2,1-3H3,(H,39,40)/t17-,24?/m1/s1. The molecule has 2 aromatic carbocycles. The van der Waals surface area contributed by atoms with Crippen LogP contribution in [0.5, 0.6) is 5.75 Å². The van der Waals surface area contributed by atoms with Gasteiger partial charge in [0, 0.05) is 36.8 Å². The molecule has 0 radical (unpaired) electrons. The zero-order valence-corrected chi connectivity index (χ0v) is 22.6. The smallest absolute Gasteiger partial charge is 0.433 e. The maximum atomic E-state index is 14.3. The van der Waals surface area contributed by atoms with Crippen LogP contribution in [0.3, 0.4) is 0 Å². The van der Waals surface area contributed by atoms with Crippen LogP contribution in [0.2, 0.25) is 0 Å². The molecule has 0 spiro atoms. The first-order valence-electron chi connectivity index (χ1n) is 12.9. The number of benzene rings is 2. The van der Waals surface area contributed by atoms with E-state index in [4.69, 9.17) is 4.74 Å². The molecule has 1 N–H and O–H groups in total. The number of alkyl halides is 3. The maximum absolute atomic E-state index is 14.3. The number of rotatable bonds is 6. The molecule has 2 atom stereocenters. The average molecular weight is 568 g/mol. The molecule has 0 saturated carbocycles. The van der Waals surface area contributed by atoms with E-state index in [0.717, 1.165) is 6.20 Å². The van der Waals surface area contributed by atoms with E-state index in [-0.39, 0.29) is 42.1 Å². The molecule has 1 aliphatic heterocycles. The Hall–Kier alpha value is -4.45. The van der Waals surface area contributed by atoms with Gasteiger partial charge in [0.05, 0.1) is 19.0 Å². The van der Waals surface area contributed by atoms with Crippen LogP contribution in [0.1, 0.15) is 40.1 Å². The molecule has 3 heterocycles. The zero-order valence-electron chi connectivity index (χ0n) is 22.6. The van der Waals surface area contributed by atoms with Gasteiger partial charge in [-0.15, -0.1) is 0 Å². The quantitative estimate of drug-likeness (QED) is 0.360. The molecular weight excluding hydrogens is 539 g/mol. The molecular formula is C29H28F3N5O4. The Balaban J connectivity index is 1.50. The van der Waals surface area contributed by atoms with Gasteiger partial charge in [0.1, 0.15) is 17.4 Å². The van der Waals surface area contributed by atoms with Gasteiger partial charge in [0.2, 0.25) is 0 Å². The molecule has 1 fully saturated rings. The van der Waals surface area contributed by atoms with Crippen LogP contribution >= 0.6 is 0 Å². The van der Waals surface area contributed by atoms with Gasteiger partial charge >= 0.3 is 12.1 Å². The molecule has 41 heavy (non-hydrogen) atoms. The Morgan fingerprint density at radius 1 is 1.07 bits per heavy atom. The van der Waals surface area contributed by atoms with Crippen molar-refractivity contribution in [2.24, 2.45) is 0 Å². The summed E-state index contributed by atoms with van der Waals surface area (Å²) < 4.78 is 48.7. The van der Waals surface area contributed by atoms with E-state index in [2.05, 4.69) is 10.1 Å². The first-order chi connectivity index (χ1) is 19.5. The minimum absolute atomic E-state index is 0.0663. The SMILES string of the molecule is COc1ccc(-c2nc3c(C(=O)N4CCN(C(C(=O)O)c5ccccc5)C[C@H]4C)cnn3c(C(F)(F)F)c2C)cc1. The van der Waals surface area contributed by atoms with Crippen molar-refractivity contribution in [2.45, 2.75) is 32.1 Å². The van der Waals surface area contributed by atoms with E-state index >= 15 is 0 Å². The van der Waals surface area contributed by atoms with Gasteiger partial charge in [-0.2, -0.15) is 18.3 Å². The van der Waals surface area contributed by atoms with Crippen LogP contribution in [0.4, 0.5) is 13.2 Å². The minimum Gasteiger partial charge on any atom is -0.497 e. The normalized spacial score (nSPS) is 17.0. The Morgan fingerprint density at radius 2 is 1.76 bits per heavy atom. The summed E-state index contributed by atoms with van der Waals surface area (Å²) in [5.74, 6) is -0.991. The number of ether oxygens (including phenoxy) is 1. The second-order valence-corrected chi connectivity index (χ2v) is 9.95. The predicted octanol–water partition coefficient (Wildman–Crippen LogP) is 4.70. The van der Waals surface area contributed by atoms with Crippen molar-refractivity contribution in [2.75, 3.05) is 26.7 Å². The molecule has 5 rings (SSSR count). The Labute approximate surface area is 233 Å². The van der Waals surface area contributed by atoms with Crippen LogP contribution in [-0.4, -0.2) is 74.2 Å². The third kappa shape index (κ3) is 5.22. The first-order valence-corrected chi connectivity index (χ1v) is 12.9. The van der Waals surface area contributed by atoms with Crippen molar-refractivity contribution in [3.8, 4) is 17.0 Å². The molecule has 1 saturated heterocycles. The number of methoxy groups -OCH3 is 1. The van der Waals surface area contributed by atoms with Crippen molar-refractivity contribution in [3.63, 3.8) is 0 Å². The first kappa shape index (κ1) is 28.1. The number of fused-ring (bicyclic) bond motifs is 1. The van der Waals surface area contributed by atoms with Gasteiger partial charge in [-0.25, -0.2) is 9.50 Å². The number of carbonyl (C=O) groups excluding carboxylic acids is 1. The molecule has 9 nitrogen and oxygen atoms in total. The number of hydrogen-bond acceptors (Lipinski definition) is 6. The summed E-state index contributed by atoms with van der Waals surface area (Å²) >= 11 is 0. The zero-order chi connectivity index (χ0) is 29.5. The summed E-state index contributed by atoms with van der Waals surface area (Å²) in [5.41, 5.74) is -0.285. The highest BCUT2D eigenvalue weighted by molar-refractivity contribution is 6.00. The van der Waals surface area contributed by atoms with Gasteiger partial charge in [0.15, 0.2) is 11.3 Å². The molecule has 1 aliphatic rings. The minimum atomic E-state index is -4.76. The fourth-order valence-corrected chi connectivity index (χ4v) is 5.41. The number of halogens is 3. The van der Waals surface area contributed by atoms with E-state index in [1.165, 1.54) is 18.9 Å². The van der Waals surface area contributed by atoms with E-state index in [1.807, 2.05) is 0 Å². The fourth-order valence-electron chi connectivity index (χ4n) is 5.41. The second kappa shape index (κ2) is 10.8. The number of hydrogen-bond donors (Lipinski definition) is 1. The molecule has 214 valence electrons. The summed E-state index contributed by atoms with van der Waals surface area (Å²) in [7, 11) is 1.49. The van der Waals surface area contributed by atoms with E-state index in [1.54, 1.807) is 66.4 Å². The number of amides is 1. The third-order valence-electron chi connectivity index (χ3n) is 7.38. The van der Waals surface area contributed by atoms with E-state index in [9.17, 15) is 27.9 Å². The topological polar surface area (TPSA) is 100 Å². The van der Waals surface area contributed by atoms with Gasteiger partial charge < -0.3 is 14.7 Å². The van der Waals surface area contributed by atoms with Gasteiger partial charge in [-0.3, -0.25) is 14.5 Å². The highest BCUT2D eigenvalue weighted by Gasteiger charge is 2.40. The van der Waals surface area contributed by atoms with Gasteiger partial charge in [-0.1, -0.05) is 30.3 Å². The lowest BCUT2D eigenvalue weighted by Crippen LogP contribution is -2.55. The van der Waals surface area contributed by atoms with Crippen molar-refractivity contribution < 1.29 is 32.6 Å². The largest absolute Gasteiger partial charge is 0.497 e. The summed E-state index contributed by atoms with van der Waals surface area (Å²) in [6.07, 6.45) is -3.65. The highest BCUT2D eigenvalue weighted by atomic mass is 19.4. The number of nitrogens with zero attached hydrogens (tertiary/aromatic N) is 5. The lowest BCUT2D eigenvalue weighted by molar-refractivity contribution is -0.145. The van der Waals surface area contributed by atoms with Gasteiger partial charge in [0.25, 0.3) is 5.91 Å². The Kier molecular flexibility index (Phi) is 7.43. The molecule has 0 aliphatic carbocycles. The van der Waals surface area contributed by atoms with Crippen LogP contribution in [0.15, 0.2) is 60.8 Å². The van der Waals surface area contributed by atoms with E-state index in [0.29, 0.717) is 21.4 Å². The molecule has 1 unspecified atom stereocenters. The average Bonchev–Trinajstić information content (AvgIpc) is 3.35. The Bertz CT molecular complexity index is 1590. The molecule has 4 aromatic rings.